The fourth-order valence-electron chi connectivity index (χ4n) is 1.48. The molecular weight excluding hydrogens is 238 g/mol. The van der Waals surface area contributed by atoms with Crippen LogP contribution in [-0.2, 0) is 19.0 Å². The summed E-state index contributed by atoms with van der Waals surface area (Å²) in [4.78, 5) is 22.5. The van der Waals surface area contributed by atoms with Crippen LogP contribution >= 0.6 is 0 Å². The third-order valence-electron chi connectivity index (χ3n) is 2.38. The maximum Gasteiger partial charge on any atom is 0.407 e. The average Bonchev–Trinajstić information content (AvgIpc) is 2.67. The van der Waals surface area contributed by atoms with E-state index in [0.29, 0.717) is 6.61 Å². The SMILES string of the molecule is C=CCOC(=O)NC1CC(=O)OC1OCCCC. The number of hydrogen-bond donors (Lipinski definition) is 1. The zero-order valence-corrected chi connectivity index (χ0v) is 10.5. The summed E-state index contributed by atoms with van der Waals surface area (Å²) < 4.78 is 15.1. The largest absolute Gasteiger partial charge is 0.445 e. The van der Waals surface area contributed by atoms with Crippen molar-refractivity contribution in [2.45, 2.75) is 38.5 Å². The van der Waals surface area contributed by atoms with Crippen molar-refractivity contribution in [1.29, 1.82) is 0 Å². The Balaban J connectivity index is 2.38. The monoisotopic (exact) mass is 257 g/mol. The van der Waals surface area contributed by atoms with Crippen LogP contribution in [0.2, 0.25) is 0 Å². The first-order valence-corrected chi connectivity index (χ1v) is 6.02. The summed E-state index contributed by atoms with van der Waals surface area (Å²) in [6.45, 7) is 6.08. The lowest BCUT2D eigenvalue weighted by molar-refractivity contribution is -0.164. The van der Waals surface area contributed by atoms with Gasteiger partial charge in [-0.2, -0.15) is 0 Å². The zero-order chi connectivity index (χ0) is 13.4. The highest BCUT2D eigenvalue weighted by atomic mass is 16.7. The molecule has 0 saturated carbocycles. The second-order valence-electron chi connectivity index (χ2n) is 3.92. The van der Waals surface area contributed by atoms with Crippen molar-refractivity contribution in [1.82, 2.24) is 5.32 Å². The van der Waals surface area contributed by atoms with Crippen LogP contribution in [0.15, 0.2) is 12.7 Å². The highest BCUT2D eigenvalue weighted by molar-refractivity contribution is 5.75. The highest BCUT2D eigenvalue weighted by Gasteiger charge is 2.36. The highest BCUT2D eigenvalue weighted by Crippen LogP contribution is 2.16. The van der Waals surface area contributed by atoms with Crippen LogP contribution in [0.5, 0.6) is 0 Å². The Kier molecular flexibility index (Phi) is 6.21. The molecule has 0 aromatic heterocycles. The van der Waals surface area contributed by atoms with Gasteiger partial charge in [-0.25, -0.2) is 4.79 Å². The van der Waals surface area contributed by atoms with Gasteiger partial charge in [0.15, 0.2) is 0 Å². The number of amides is 1. The van der Waals surface area contributed by atoms with Crippen LogP contribution in [0.3, 0.4) is 0 Å². The minimum Gasteiger partial charge on any atom is -0.445 e. The standard InChI is InChI=1S/C12H19NO5/c1-3-5-7-16-11-9(8-10(14)18-11)13-12(15)17-6-4-2/h4,9,11H,2-3,5-8H2,1H3,(H,13,15). The predicted molar refractivity (Wildman–Crippen MR) is 63.8 cm³/mol. The molecule has 1 aliphatic heterocycles. The lowest BCUT2D eigenvalue weighted by Crippen LogP contribution is -2.42. The third-order valence-corrected chi connectivity index (χ3v) is 2.38. The van der Waals surface area contributed by atoms with Crippen LogP contribution in [0.1, 0.15) is 26.2 Å². The van der Waals surface area contributed by atoms with E-state index in [0.717, 1.165) is 12.8 Å². The van der Waals surface area contributed by atoms with Gasteiger partial charge in [0.25, 0.3) is 0 Å². The van der Waals surface area contributed by atoms with E-state index in [2.05, 4.69) is 11.9 Å². The number of carbonyl (C=O) groups excluding carboxylic acids is 2. The maximum atomic E-state index is 11.3. The molecule has 6 nitrogen and oxygen atoms in total. The summed E-state index contributed by atoms with van der Waals surface area (Å²) in [5, 5.41) is 2.54. The van der Waals surface area contributed by atoms with E-state index in [1.807, 2.05) is 6.92 Å². The van der Waals surface area contributed by atoms with Gasteiger partial charge in [-0.1, -0.05) is 26.0 Å². The first-order chi connectivity index (χ1) is 8.67. The molecular formula is C12H19NO5. The zero-order valence-electron chi connectivity index (χ0n) is 10.5. The van der Waals surface area contributed by atoms with Gasteiger partial charge < -0.3 is 19.5 Å². The molecule has 0 aromatic carbocycles. The second kappa shape index (κ2) is 7.71. The lowest BCUT2D eigenvalue weighted by atomic mass is 10.2. The number of ether oxygens (including phenoxy) is 3. The summed E-state index contributed by atoms with van der Waals surface area (Å²) in [5.41, 5.74) is 0. The van der Waals surface area contributed by atoms with Crippen molar-refractivity contribution in [2.24, 2.45) is 0 Å². The number of alkyl carbamates (subject to hydrolysis) is 1. The smallest absolute Gasteiger partial charge is 0.407 e. The van der Waals surface area contributed by atoms with Crippen LogP contribution in [0, 0.1) is 0 Å². The van der Waals surface area contributed by atoms with E-state index in [4.69, 9.17) is 14.2 Å². The number of unbranched alkanes of at least 4 members (excludes halogenated alkanes) is 1. The van der Waals surface area contributed by atoms with Crippen molar-refractivity contribution >= 4 is 12.1 Å². The first-order valence-electron chi connectivity index (χ1n) is 6.02. The molecule has 0 spiro atoms. The third kappa shape index (κ3) is 4.75. The summed E-state index contributed by atoms with van der Waals surface area (Å²) in [5.74, 6) is -0.384. The molecule has 2 atom stereocenters. The number of carbonyl (C=O) groups is 2. The molecule has 1 rings (SSSR count). The van der Waals surface area contributed by atoms with Gasteiger partial charge in [0, 0.05) is 0 Å². The minimum absolute atomic E-state index is 0.0972. The molecule has 102 valence electrons. The first kappa shape index (κ1) is 14.5. The maximum absolute atomic E-state index is 11.3. The average molecular weight is 257 g/mol. The molecule has 0 aliphatic carbocycles. The fraction of sp³-hybridized carbons (Fsp3) is 0.667. The molecule has 2 unspecified atom stereocenters. The Labute approximate surface area is 106 Å². The van der Waals surface area contributed by atoms with E-state index in [1.165, 1.54) is 6.08 Å². The van der Waals surface area contributed by atoms with E-state index < -0.39 is 18.4 Å². The molecule has 18 heavy (non-hydrogen) atoms. The van der Waals surface area contributed by atoms with Gasteiger partial charge in [-0.05, 0) is 6.42 Å². The van der Waals surface area contributed by atoms with Crippen molar-refractivity contribution < 1.29 is 23.8 Å². The molecule has 1 aliphatic rings. The van der Waals surface area contributed by atoms with Crippen LogP contribution in [-0.4, -0.2) is 37.6 Å². The van der Waals surface area contributed by atoms with E-state index in [1.54, 1.807) is 0 Å². The predicted octanol–water partition coefficient (Wildman–Crippen LogP) is 1.36. The molecule has 1 saturated heterocycles. The number of cyclic esters (lactones) is 1. The Morgan fingerprint density at radius 2 is 2.44 bits per heavy atom. The Morgan fingerprint density at radius 3 is 3.11 bits per heavy atom. The molecule has 1 fully saturated rings. The van der Waals surface area contributed by atoms with Gasteiger partial charge in [-0.3, -0.25) is 4.79 Å². The summed E-state index contributed by atoms with van der Waals surface area (Å²) in [6, 6.07) is -0.494. The lowest BCUT2D eigenvalue weighted by Gasteiger charge is -2.18. The van der Waals surface area contributed by atoms with Gasteiger partial charge in [0.05, 0.1) is 13.0 Å². The van der Waals surface area contributed by atoms with Crippen molar-refractivity contribution in [3.8, 4) is 0 Å². The topological polar surface area (TPSA) is 73.9 Å². The summed E-state index contributed by atoms with van der Waals surface area (Å²) in [7, 11) is 0. The van der Waals surface area contributed by atoms with Crippen molar-refractivity contribution in [3.63, 3.8) is 0 Å². The van der Waals surface area contributed by atoms with Gasteiger partial charge >= 0.3 is 12.1 Å². The van der Waals surface area contributed by atoms with Crippen LogP contribution in [0.4, 0.5) is 4.79 Å². The minimum atomic E-state index is -0.722. The van der Waals surface area contributed by atoms with E-state index in [9.17, 15) is 9.59 Å². The summed E-state index contributed by atoms with van der Waals surface area (Å²) in [6.07, 6.45) is 2.09. The number of rotatable bonds is 7. The molecule has 0 bridgehead atoms. The van der Waals surface area contributed by atoms with E-state index in [-0.39, 0.29) is 19.0 Å². The Hall–Kier alpha value is -1.56. The molecule has 0 radical (unpaired) electrons. The van der Waals surface area contributed by atoms with Crippen molar-refractivity contribution in [2.75, 3.05) is 13.2 Å². The van der Waals surface area contributed by atoms with Crippen LogP contribution in [0.25, 0.3) is 0 Å². The number of esters is 1. The quantitative estimate of drug-likeness (QED) is 0.423. The summed E-state index contributed by atoms with van der Waals surface area (Å²) >= 11 is 0. The normalized spacial score (nSPS) is 22.4. The molecule has 1 heterocycles. The van der Waals surface area contributed by atoms with Crippen molar-refractivity contribution in [3.05, 3.63) is 12.7 Å². The fourth-order valence-corrected chi connectivity index (χ4v) is 1.48. The van der Waals surface area contributed by atoms with E-state index >= 15 is 0 Å². The molecule has 1 N–H and O–H groups in total. The van der Waals surface area contributed by atoms with Gasteiger partial charge in [-0.15, -0.1) is 0 Å². The Bertz CT molecular complexity index is 305. The molecule has 0 aromatic rings. The van der Waals surface area contributed by atoms with Gasteiger partial charge in [0.1, 0.15) is 12.6 Å². The number of hydrogen-bond acceptors (Lipinski definition) is 5. The second-order valence-corrected chi connectivity index (χ2v) is 3.92. The van der Waals surface area contributed by atoms with Crippen LogP contribution < -0.4 is 5.32 Å². The number of nitrogens with one attached hydrogen (secondary N) is 1. The Morgan fingerprint density at radius 1 is 1.67 bits per heavy atom. The molecule has 6 heteroatoms. The molecule has 1 amide bonds. The van der Waals surface area contributed by atoms with Gasteiger partial charge in [0.2, 0.25) is 6.29 Å².